The molecule has 0 fully saturated rings. The van der Waals surface area contributed by atoms with Gasteiger partial charge in [-0.05, 0) is 12.1 Å². The van der Waals surface area contributed by atoms with E-state index in [0.717, 1.165) is 0 Å². The Hall–Kier alpha value is -1.88. The molecule has 20 heavy (non-hydrogen) atoms. The van der Waals surface area contributed by atoms with Crippen LogP contribution in [0.5, 0.6) is 5.88 Å². The molecule has 0 radical (unpaired) electrons. The first-order valence-electron chi connectivity index (χ1n) is 6.42. The number of aliphatic hydroxyl groups excluding tert-OH is 1. The van der Waals surface area contributed by atoms with Crippen LogP contribution in [0.2, 0.25) is 0 Å². The summed E-state index contributed by atoms with van der Waals surface area (Å²) in [4.78, 5) is 0. The summed E-state index contributed by atoms with van der Waals surface area (Å²) in [5, 5.41) is 14.0. The van der Waals surface area contributed by atoms with Crippen LogP contribution in [0.1, 0.15) is 32.0 Å². The minimum Gasteiger partial charge on any atom is -0.481 e. The third-order valence-electron chi connectivity index (χ3n) is 3.08. The summed E-state index contributed by atoms with van der Waals surface area (Å²) in [6.07, 6.45) is 0. The predicted octanol–water partition coefficient (Wildman–Crippen LogP) is 2.81. The minimum atomic E-state index is -0.391. The lowest BCUT2D eigenvalue weighted by Gasteiger charge is -2.16. The van der Waals surface area contributed by atoms with Crippen LogP contribution in [-0.4, -0.2) is 22.0 Å². The summed E-state index contributed by atoms with van der Waals surface area (Å²) in [7, 11) is 1.49. The summed E-state index contributed by atoms with van der Waals surface area (Å²) in [5.74, 6) is -0.0271. The van der Waals surface area contributed by atoms with Crippen LogP contribution in [0.25, 0.3) is 5.69 Å². The Labute approximate surface area is 117 Å². The number of nitrogens with zero attached hydrogens (tertiary/aromatic N) is 2. The van der Waals surface area contributed by atoms with E-state index in [9.17, 15) is 9.50 Å². The molecule has 5 heteroatoms. The van der Waals surface area contributed by atoms with E-state index in [0.29, 0.717) is 22.8 Å². The number of aromatic nitrogens is 2. The van der Waals surface area contributed by atoms with Gasteiger partial charge < -0.3 is 9.84 Å². The average molecular weight is 278 g/mol. The fourth-order valence-corrected chi connectivity index (χ4v) is 2.18. The predicted molar refractivity (Wildman–Crippen MR) is 74.7 cm³/mol. The van der Waals surface area contributed by atoms with Crippen molar-refractivity contribution in [3.8, 4) is 11.6 Å². The molecule has 0 saturated carbocycles. The summed E-state index contributed by atoms with van der Waals surface area (Å²) >= 11 is 0. The molecule has 0 atom stereocenters. The maximum Gasteiger partial charge on any atom is 0.222 e. The number of aliphatic hydroxyl groups is 1. The van der Waals surface area contributed by atoms with E-state index in [1.165, 1.54) is 17.9 Å². The Kier molecular flexibility index (Phi) is 3.81. The quantitative estimate of drug-likeness (QED) is 0.939. The molecule has 0 amide bonds. The van der Waals surface area contributed by atoms with Gasteiger partial charge in [0.15, 0.2) is 0 Å². The summed E-state index contributed by atoms with van der Waals surface area (Å²) in [5.41, 5.74) is 1.31. The second kappa shape index (κ2) is 5.25. The highest BCUT2D eigenvalue weighted by Gasteiger charge is 2.28. The number of hydrogen-bond acceptors (Lipinski definition) is 3. The van der Waals surface area contributed by atoms with Gasteiger partial charge in [-0.25, -0.2) is 4.39 Å². The molecule has 0 unspecified atom stereocenters. The van der Waals surface area contributed by atoms with Crippen LogP contribution in [0, 0.1) is 5.82 Å². The zero-order valence-electron chi connectivity index (χ0n) is 12.1. The van der Waals surface area contributed by atoms with Crippen LogP contribution in [0.15, 0.2) is 24.3 Å². The molecule has 0 bridgehead atoms. The monoisotopic (exact) mass is 278 g/mol. The van der Waals surface area contributed by atoms with E-state index in [2.05, 4.69) is 5.10 Å². The van der Waals surface area contributed by atoms with E-state index >= 15 is 0 Å². The van der Waals surface area contributed by atoms with Gasteiger partial charge in [0.1, 0.15) is 11.5 Å². The number of benzene rings is 1. The molecule has 4 nitrogen and oxygen atoms in total. The molecular formula is C15H19FN2O2. The fraction of sp³-hybridized carbons (Fsp3) is 0.400. The minimum absolute atomic E-state index is 0.204. The highest BCUT2D eigenvalue weighted by atomic mass is 19.1. The average Bonchev–Trinajstić information content (AvgIpc) is 2.77. The number of hydrogen-bond donors (Lipinski definition) is 1. The Morgan fingerprint density at radius 1 is 1.30 bits per heavy atom. The second-order valence-corrected chi connectivity index (χ2v) is 5.61. The lowest BCUT2D eigenvalue weighted by molar-refractivity contribution is 0.269. The first-order valence-corrected chi connectivity index (χ1v) is 6.42. The Morgan fingerprint density at radius 3 is 2.45 bits per heavy atom. The van der Waals surface area contributed by atoms with Crippen molar-refractivity contribution in [3.05, 3.63) is 41.3 Å². The van der Waals surface area contributed by atoms with Gasteiger partial charge >= 0.3 is 0 Å². The van der Waals surface area contributed by atoms with Gasteiger partial charge in [0.05, 0.1) is 25.0 Å². The van der Waals surface area contributed by atoms with Gasteiger partial charge in [0.2, 0.25) is 5.88 Å². The van der Waals surface area contributed by atoms with Crippen molar-refractivity contribution >= 4 is 0 Å². The number of rotatable bonds is 3. The topological polar surface area (TPSA) is 47.3 Å². The smallest absolute Gasteiger partial charge is 0.222 e. The third kappa shape index (κ3) is 2.41. The molecule has 1 aromatic carbocycles. The molecule has 1 heterocycles. The highest BCUT2D eigenvalue weighted by molar-refractivity contribution is 5.43. The lowest BCUT2D eigenvalue weighted by atomic mass is 9.89. The first-order chi connectivity index (χ1) is 9.40. The Morgan fingerprint density at radius 2 is 1.95 bits per heavy atom. The molecule has 0 aliphatic carbocycles. The molecule has 0 saturated heterocycles. The van der Waals surface area contributed by atoms with Crippen LogP contribution >= 0.6 is 0 Å². The molecule has 2 aromatic rings. The van der Waals surface area contributed by atoms with Gasteiger partial charge in [-0.15, -0.1) is 0 Å². The number of para-hydroxylation sites is 1. The number of methoxy groups -OCH3 is 1. The second-order valence-electron chi connectivity index (χ2n) is 5.61. The van der Waals surface area contributed by atoms with Crippen molar-refractivity contribution in [1.82, 2.24) is 9.78 Å². The van der Waals surface area contributed by atoms with E-state index in [1.54, 1.807) is 18.2 Å². The van der Waals surface area contributed by atoms with Crippen molar-refractivity contribution in [1.29, 1.82) is 0 Å². The van der Waals surface area contributed by atoms with Crippen molar-refractivity contribution < 1.29 is 14.2 Å². The maximum atomic E-state index is 14.0. The van der Waals surface area contributed by atoms with Crippen LogP contribution in [-0.2, 0) is 12.0 Å². The summed E-state index contributed by atoms with van der Waals surface area (Å²) in [6, 6.07) is 6.34. The molecule has 2 rings (SSSR count). The van der Waals surface area contributed by atoms with Crippen molar-refractivity contribution in [2.24, 2.45) is 0 Å². The lowest BCUT2D eigenvalue weighted by Crippen LogP contribution is -2.15. The van der Waals surface area contributed by atoms with Gasteiger partial charge in [0, 0.05) is 5.41 Å². The SMILES string of the molecule is COc1c(CO)c(C(C)(C)C)nn1-c1ccccc1F. The Balaban J connectivity index is 2.72. The summed E-state index contributed by atoms with van der Waals surface area (Å²) in [6.45, 7) is 5.75. The molecule has 0 aliphatic rings. The molecule has 1 aromatic heterocycles. The maximum absolute atomic E-state index is 14.0. The van der Waals surface area contributed by atoms with Crippen LogP contribution in [0.3, 0.4) is 0 Å². The van der Waals surface area contributed by atoms with Crippen molar-refractivity contribution in [2.75, 3.05) is 7.11 Å². The van der Waals surface area contributed by atoms with Gasteiger partial charge in [-0.1, -0.05) is 32.9 Å². The molecule has 0 aliphatic heterocycles. The number of ether oxygens (including phenoxy) is 1. The van der Waals surface area contributed by atoms with Gasteiger partial charge in [-0.2, -0.15) is 9.78 Å². The Bertz CT molecular complexity index is 615. The molecule has 0 spiro atoms. The van der Waals surface area contributed by atoms with Crippen molar-refractivity contribution in [2.45, 2.75) is 32.8 Å². The summed E-state index contributed by atoms with van der Waals surface area (Å²) < 4.78 is 20.7. The van der Waals surface area contributed by atoms with Gasteiger partial charge in [-0.3, -0.25) is 0 Å². The molecule has 1 N–H and O–H groups in total. The van der Waals surface area contributed by atoms with E-state index in [-0.39, 0.29) is 12.0 Å². The zero-order valence-corrected chi connectivity index (χ0v) is 12.1. The zero-order chi connectivity index (χ0) is 14.9. The normalized spacial score (nSPS) is 11.7. The molecular weight excluding hydrogens is 259 g/mol. The van der Waals surface area contributed by atoms with Gasteiger partial charge in [0.25, 0.3) is 0 Å². The molecule has 108 valence electrons. The van der Waals surface area contributed by atoms with E-state index < -0.39 is 5.82 Å². The van der Waals surface area contributed by atoms with Crippen LogP contribution in [0.4, 0.5) is 4.39 Å². The highest BCUT2D eigenvalue weighted by Crippen LogP contribution is 2.33. The first kappa shape index (κ1) is 14.5. The largest absolute Gasteiger partial charge is 0.481 e. The number of halogens is 1. The van der Waals surface area contributed by atoms with E-state index in [1.807, 2.05) is 20.8 Å². The van der Waals surface area contributed by atoms with Crippen LogP contribution < -0.4 is 4.74 Å². The van der Waals surface area contributed by atoms with Crippen molar-refractivity contribution in [3.63, 3.8) is 0 Å². The fourth-order valence-electron chi connectivity index (χ4n) is 2.18. The van der Waals surface area contributed by atoms with E-state index in [4.69, 9.17) is 4.74 Å². The standard InChI is InChI=1S/C15H19FN2O2/c1-15(2,3)13-10(9-19)14(20-4)18(17-13)12-8-6-5-7-11(12)16/h5-8,19H,9H2,1-4H3. The third-order valence-corrected chi connectivity index (χ3v) is 3.08.